The molecule has 0 aliphatic heterocycles. The van der Waals surface area contributed by atoms with Gasteiger partial charge in [-0.05, 0) is 42.5 Å². The molecule has 30 heavy (non-hydrogen) atoms. The minimum Gasteiger partial charge on any atom is -0.326 e. The lowest BCUT2D eigenvalue weighted by molar-refractivity contribution is -0.114. The molecule has 0 aliphatic rings. The zero-order valence-electron chi connectivity index (χ0n) is 16.1. The maximum atomic E-state index is 13.1. The number of carbonyl (C=O) groups excluding carboxylic acids is 2. The fraction of sp³-hybridized carbons (Fsp3) is 0.0417. The molecule has 0 fully saturated rings. The molecule has 5 nitrogen and oxygen atoms in total. The molecule has 0 unspecified atom stereocenters. The first-order valence-electron chi connectivity index (χ1n) is 9.35. The molecule has 0 atom stereocenters. The molecule has 6 heteroatoms. The molecule has 3 aromatic carbocycles. The summed E-state index contributed by atoms with van der Waals surface area (Å²) < 4.78 is 0. The summed E-state index contributed by atoms with van der Waals surface area (Å²) in [5.74, 6) is -0.406. The number of pyridine rings is 1. The van der Waals surface area contributed by atoms with E-state index in [9.17, 15) is 9.59 Å². The third kappa shape index (κ3) is 4.16. The van der Waals surface area contributed by atoms with E-state index in [2.05, 4.69) is 10.6 Å². The van der Waals surface area contributed by atoms with Crippen LogP contribution in [-0.2, 0) is 4.79 Å². The molecule has 2 N–H and O–H groups in total. The molecule has 0 spiro atoms. The minimum atomic E-state index is -0.255. The first-order chi connectivity index (χ1) is 14.5. The highest BCUT2D eigenvalue weighted by Crippen LogP contribution is 2.30. The van der Waals surface area contributed by atoms with E-state index in [1.807, 2.05) is 42.5 Å². The number of nitrogens with zero attached hydrogens (tertiary/aromatic N) is 1. The number of aromatic nitrogens is 1. The van der Waals surface area contributed by atoms with Crippen molar-refractivity contribution in [2.75, 3.05) is 10.6 Å². The first-order valence-corrected chi connectivity index (χ1v) is 9.73. The summed E-state index contributed by atoms with van der Waals surface area (Å²) in [4.78, 5) is 29.0. The molecule has 1 heterocycles. The Morgan fingerprint density at radius 1 is 0.833 bits per heavy atom. The van der Waals surface area contributed by atoms with Crippen molar-refractivity contribution in [1.82, 2.24) is 4.98 Å². The monoisotopic (exact) mass is 415 g/mol. The van der Waals surface area contributed by atoms with Gasteiger partial charge in [-0.3, -0.25) is 9.59 Å². The van der Waals surface area contributed by atoms with Crippen LogP contribution >= 0.6 is 11.6 Å². The highest BCUT2D eigenvalue weighted by molar-refractivity contribution is 6.33. The third-order valence-corrected chi connectivity index (χ3v) is 4.90. The second-order valence-electron chi connectivity index (χ2n) is 6.76. The largest absolute Gasteiger partial charge is 0.326 e. The van der Waals surface area contributed by atoms with E-state index in [0.717, 1.165) is 10.9 Å². The second kappa shape index (κ2) is 8.35. The average Bonchev–Trinajstić information content (AvgIpc) is 2.74. The van der Waals surface area contributed by atoms with Gasteiger partial charge in [0.05, 0.1) is 16.8 Å². The van der Waals surface area contributed by atoms with Crippen molar-refractivity contribution in [3.8, 4) is 11.3 Å². The lowest BCUT2D eigenvalue weighted by Gasteiger charge is -2.12. The Labute approximate surface area is 178 Å². The number of rotatable bonds is 4. The van der Waals surface area contributed by atoms with Gasteiger partial charge in [0.25, 0.3) is 5.91 Å². The number of benzene rings is 3. The Hall–Kier alpha value is -3.70. The summed E-state index contributed by atoms with van der Waals surface area (Å²) in [6.07, 6.45) is 0. The SMILES string of the molecule is CC(=O)Nc1ccc(NC(=O)c2cc(-c3ccccc3Cl)nc3ccccc23)cc1. The number of hydrogen-bond donors (Lipinski definition) is 2. The van der Waals surface area contributed by atoms with Crippen molar-refractivity contribution >= 4 is 45.7 Å². The van der Waals surface area contributed by atoms with E-state index in [0.29, 0.717) is 33.2 Å². The van der Waals surface area contributed by atoms with Gasteiger partial charge < -0.3 is 10.6 Å². The number of nitrogens with one attached hydrogen (secondary N) is 2. The molecule has 4 aromatic rings. The van der Waals surface area contributed by atoms with E-state index < -0.39 is 0 Å². The van der Waals surface area contributed by atoms with Crippen molar-refractivity contribution in [2.45, 2.75) is 6.92 Å². The number of para-hydroxylation sites is 1. The number of fused-ring (bicyclic) bond motifs is 1. The molecule has 4 rings (SSSR count). The van der Waals surface area contributed by atoms with Gasteiger partial charge in [-0.1, -0.05) is 48.0 Å². The van der Waals surface area contributed by atoms with E-state index >= 15 is 0 Å². The molecule has 1 aromatic heterocycles. The van der Waals surface area contributed by atoms with Gasteiger partial charge in [-0.15, -0.1) is 0 Å². The van der Waals surface area contributed by atoms with E-state index in [1.165, 1.54) is 6.92 Å². The molecule has 0 radical (unpaired) electrons. The normalized spacial score (nSPS) is 10.6. The van der Waals surface area contributed by atoms with E-state index in [1.54, 1.807) is 36.4 Å². The predicted molar refractivity (Wildman–Crippen MR) is 121 cm³/mol. The van der Waals surface area contributed by atoms with Crippen LogP contribution in [0.15, 0.2) is 78.9 Å². The van der Waals surface area contributed by atoms with Gasteiger partial charge in [0.15, 0.2) is 0 Å². The molecular weight excluding hydrogens is 398 g/mol. The summed E-state index contributed by atoms with van der Waals surface area (Å²) in [6.45, 7) is 1.45. The van der Waals surface area contributed by atoms with Gasteiger partial charge in [0.1, 0.15) is 0 Å². The maximum Gasteiger partial charge on any atom is 0.256 e. The zero-order chi connectivity index (χ0) is 21.1. The molecular formula is C24H18ClN3O2. The molecule has 148 valence electrons. The predicted octanol–water partition coefficient (Wildman–Crippen LogP) is 5.77. The van der Waals surface area contributed by atoms with Gasteiger partial charge in [0.2, 0.25) is 5.91 Å². The molecule has 0 saturated carbocycles. The minimum absolute atomic E-state index is 0.151. The van der Waals surface area contributed by atoms with Crippen LogP contribution in [0.2, 0.25) is 5.02 Å². The zero-order valence-corrected chi connectivity index (χ0v) is 16.9. The number of amides is 2. The van der Waals surface area contributed by atoms with Gasteiger partial charge in [0, 0.05) is 34.3 Å². The van der Waals surface area contributed by atoms with Crippen LogP contribution in [0.1, 0.15) is 17.3 Å². The van der Waals surface area contributed by atoms with Crippen LogP contribution in [0, 0.1) is 0 Å². The highest BCUT2D eigenvalue weighted by atomic mass is 35.5. The van der Waals surface area contributed by atoms with E-state index in [4.69, 9.17) is 16.6 Å². The summed E-state index contributed by atoms with van der Waals surface area (Å²) in [5.41, 5.74) is 3.89. The Morgan fingerprint density at radius 3 is 2.17 bits per heavy atom. The van der Waals surface area contributed by atoms with E-state index in [-0.39, 0.29) is 11.8 Å². The Balaban J connectivity index is 1.71. The van der Waals surface area contributed by atoms with Gasteiger partial charge in [-0.2, -0.15) is 0 Å². The molecule has 0 bridgehead atoms. The number of hydrogen-bond acceptors (Lipinski definition) is 3. The van der Waals surface area contributed by atoms with Gasteiger partial charge in [-0.25, -0.2) is 4.98 Å². The summed E-state index contributed by atoms with van der Waals surface area (Å²) in [5, 5.41) is 6.93. The number of halogens is 1. The standard InChI is InChI=1S/C24H18ClN3O2/c1-15(29)26-16-10-12-17(13-11-16)27-24(30)20-14-23(19-7-2-4-8-21(19)25)28-22-9-5-3-6-18(20)22/h2-14H,1H3,(H,26,29)(H,27,30). The third-order valence-electron chi connectivity index (χ3n) is 4.57. The second-order valence-corrected chi connectivity index (χ2v) is 7.17. The van der Waals surface area contributed by atoms with Crippen molar-refractivity contribution in [3.63, 3.8) is 0 Å². The van der Waals surface area contributed by atoms with Crippen molar-refractivity contribution in [3.05, 3.63) is 89.4 Å². The van der Waals surface area contributed by atoms with Gasteiger partial charge >= 0.3 is 0 Å². The number of anilines is 2. The summed E-state index contributed by atoms with van der Waals surface area (Å²) in [7, 11) is 0. The fourth-order valence-electron chi connectivity index (χ4n) is 3.21. The Kier molecular flexibility index (Phi) is 5.46. The molecule has 0 aliphatic carbocycles. The maximum absolute atomic E-state index is 13.1. The van der Waals surface area contributed by atoms with Crippen LogP contribution in [0.4, 0.5) is 11.4 Å². The van der Waals surface area contributed by atoms with Crippen molar-refractivity contribution < 1.29 is 9.59 Å². The van der Waals surface area contributed by atoms with Crippen LogP contribution in [-0.4, -0.2) is 16.8 Å². The lowest BCUT2D eigenvalue weighted by Crippen LogP contribution is -2.13. The van der Waals surface area contributed by atoms with Crippen LogP contribution in [0.25, 0.3) is 22.2 Å². The van der Waals surface area contributed by atoms with Crippen LogP contribution in [0.5, 0.6) is 0 Å². The Morgan fingerprint density at radius 2 is 1.47 bits per heavy atom. The van der Waals surface area contributed by atoms with Crippen molar-refractivity contribution in [2.24, 2.45) is 0 Å². The van der Waals surface area contributed by atoms with Crippen LogP contribution in [0.3, 0.4) is 0 Å². The quantitative estimate of drug-likeness (QED) is 0.444. The average molecular weight is 416 g/mol. The molecule has 2 amide bonds. The number of carbonyl (C=O) groups is 2. The Bertz CT molecular complexity index is 1250. The summed E-state index contributed by atoms with van der Waals surface area (Å²) >= 11 is 6.35. The highest BCUT2D eigenvalue weighted by Gasteiger charge is 2.15. The topological polar surface area (TPSA) is 71.1 Å². The molecule has 0 saturated heterocycles. The smallest absolute Gasteiger partial charge is 0.256 e. The first kappa shape index (κ1) is 19.6. The van der Waals surface area contributed by atoms with Crippen LogP contribution < -0.4 is 10.6 Å². The lowest BCUT2D eigenvalue weighted by atomic mass is 10.0. The fourth-order valence-corrected chi connectivity index (χ4v) is 3.44. The summed E-state index contributed by atoms with van der Waals surface area (Å²) in [6, 6.07) is 23.6. The van der Waals surface area contributed by atoms with Crippen molar-refractivity contribution in [1.29, 1.82) is 0 Å².